The van der Waals surface area contributed by atoms with E-state index >= 15 is 0 Å². The lowest BCUT2D eigenvalue weighted by Crippen LogP contribution is -2.29. The smallest absolute Gasteiger partial charge is 0.337 e. The zero-order valence-electron chi connectivity index (χ0n) is 18.7. The molecular weight excluding hydrogens is 420 g/mol. The molecule has 3 aromatic rings. The van der Waals surface area contributed by atoms with Crippen molar-refractivity contribution in [3.63, 3.8) is 0 Å². The van der Waals surface area contributed by atoms with E-state index in [0.717, 1.165) is 39.4 Å². The van der Waals surface area contributed by atoms with Crippen LogP contribution in [0.15, 0.2) is 64.3 Å². The molecule has 1 aromatic heterocycles. The number of esters is 1. The number of hydrogen-bond donors (Lipinski definition) is 1. The highest BCUT2D eigenvalue weighted by atomic mass is 16.5. The summed E-state index contributed by atoms with van der Waals surface area (Å²) < 4.78 is 15.6. The van der Waals surface area contributed by atoms with Crippen LogP contribution in [-0.4, -0.2) is 31.1 Å². The number of nitrogens with one attached hydrogen (secondary N) is 1. The van der Waals surface area contributed by atoms with Crippen LogP contribution in [0.3, 0.4) is 0 Å². The number of benzene rings is 2. The van der Waals surface area contributed by atoms with Gasteiger partial charge < -0.3 is 19.3 Å². The highest BCUT2D eigenvalue weighted by Gasteiger charge is 2.41. The van der Waals surface area contributed by atoms with E-state index < -0.39 is 5.97 Å². The number of aryl methyl sites for hydroxylation is 1. The molecular formula is C26H24N2O5. The summed E-state index contributed by atoms with van der Waals surface area (Å²) in [7, 11) is 2.99. The molecule has 33 heavy (non-hydrogen) atoms. The summed E-state index contributed by atoms with van der Waals surface area (Å²) in [5.74, 6) is 0.800. The third kappa shape index (κ3) is 3.59. The maximum absolute atomic E-state index is 13.5. The van der Waals surface area contributed by atoms with Gasteiger partial charge in [-0.2, -0.15) is 0 Å². The molecule has 2 heterocycles. The second-order valence-corrected chi connectivity index (χ2v) is 8.38. The number of nitrogens with zero attached hydrogens (tertiary/aromatic N) is 1. The fraction of sp³-hybridized carbons (Fsp3) is 0.269. The molecule has 1 N–H and O–H groups in total. The molecule has 2 aromatic carbocycles. The Balaban J connectivity index is 1.55. The van der Waals surface area contributed by atoms with E-state index in [1.807, 2.05) is 43.3 Å². The third-order valence-corrected chi connectivity index (χ3v) is 6.51. The van der Waals surface area contributed by atoms with E-state index in [-0.39, 0.29) is 17.6 Å². The van der Waals surface area contributed by atoms with Gasteiger partial charge in [-0.1, -0.05) is 29.4 Å². The highest BCUT2D eigenvalue weighted by molar-refractivity contribution is 6.01. The topological polar surface area (TPSA) is 90.7 Å². The van der Waals surface area contributed by atoms with Crippen LogP contribution in [0.2, 0.25) is 0 Å². The van der Waals surface area contributed by atoms with Crippen LogP contribution in [0.25, 0.3) is 0 Å². The van der Waals surface area contributed by atoms with Gasteiger partial charge in [0.2, 0.25) is 5.88 Å². The minimum Gasteiger partial charge on any atom is -0.497 e. The monoisotopic (exact) mass is 444 g/mol. The van der Waals surface area contributed by atoms with Gasteiger partial charge in [0.1, 0.15) is 5.75 Å². The first kappa shape index (κ1) is 21.0. The Hall–Kier alpha value is -3.87. The summed E-state index contributed by atoms with van der Waals surface area (Å²) in [6.45, 7) is 1.87. The standard InChI is InChI=1S/C26H24N2O5/c1-14-22-23(16-4-6-17(7-5-16)26(30)32-3)24-20(27-25(22)33-28-14)12-18(13-21(24)29)15-8-10-19(31-2)11-9-15/h4-11,18,23,27H,12-13H2,1-3H3/t18-,23-/m1/s1. The Bertz CT molecular complexity index is 1250. The van der Waals surface area contributed by atoms with Gasteiger partial charge in [-0.25, -0.2) is 4.79 Å². The molecule has 2 atom stereocenters. The van der Waals surface area contributed by atoms with E-state index in [0.29, 0.717) is 24.3 Å². The quantitative estimate of drug-likeness (QED) is 0.582. The predicted octanol–water partition coefficient (Wildman–Crippen LogP) is 4.74. The SMILES string of the molecule is COC(=O)c1ccc([C@H]2C3=C(C[C@@H](c4ccc(OC)cc4)CC3=O)Nc3onc(C)c32)cc1. The van der Waals surface area contributed by atoms with Crippen LogP contribution in [0, 0.1) is 6.92 Å². The van der Waals surface area contributed by atoms with Gasteiger partial charge in [-0.05, 0) is 54.7 Å². The lowest BCUT2D eigenvalue weighted by atomic mass is 9.72. The van der Waals surface area contributed by atoms with Gasteiger partial charge in [0.05, 0.1) is 31.0 Å². The Morgan fingerprint density at radius 1 is 1.03 bits per heavy atom. The van der Waals surface area contributed by atoms with Crippen LogP contribution in [0.5, 0.6) is 5.75 Å². The number of methoxy groups -OCH3 is 2. The van der Waals surface area contributed by atoms with Crippen molar-refractivity contribution in [3.05, 3.63) is 87.7 Å². The van der Waals surface area contributed by atoms with E-state index in [1.165, 1.54) is 7.11 Å². The third-order valence-electron chi connectivity index (χ3n) is 6.51. The van der Waals surface area contributed by atoms with E-state index in [1.54, 1.807) is 19.2 Å². The average Bonchev–Trinajstić information content (AvgIpc) is 3.22. The predicted molar refractivity (Wildman–Crippen MR) is 121 cm³/mol. The number of carbonyl (C=O) groups excluding carboxylic acids is 2. The molecule has 0 bridgehead atoms. The summed E-state index contributed by atoms with van der Waals surface area (Å²) in [5, 5.41) is 7.49. The molecule has 0 fully saturated rings. The molecule has 168 valence electrons. The highest BCUT2D eigenvalue weighted by Crippen LogP contribution is 2.49. The number of ether oxygens (including phenoxy) is 2. The number of aromatic nitrogens is 1. The number of carbonyl (C=O) groups is 2. The Morgan fingerprint density at radius 2 is 1.73 bits per heavy atom. The van der Waals surface area contributed by atoms with Crippen molar-refractivity contribution in [2.75, 3.05) is 19.5 Å². The van der Waals surface area contributed by atoms with Gasteiger partial charge >= 0.3 is 5.97 Å². The van der Waals surface area contributed by atoms with Crippen molar-refractivity contribution in [3.8, 4) is 5.75 Å². The van der Waals surface area contributed by atoms with E-state index in [9.17, 15) is 9.59 Å². The molecule has 0 spiro atoms. The molecule has 0 radical (unpaired) electrons. The summed E-state index contributed by atoms with van der Waals surface area (Å²) >= 11 is 0. The van der Waals surface area contributed by atoms with Gasteiger partial charge in [-0.3, -0.25) is 4.79 Å². The summed E-state index contributed by atoms with van der Waals surface area (Å²) in [6.07, 6.45) is 1.10. The second-order valence-electron chi connectivity index (χ2n) is 8.38. The lowest BCUT2D eigenvalue weighted by molar-refractivity contribution is -0.116. The van der Waals surface area contributed by atoms with Crippen molar-refractivity contribution in [1.82, 2.24) is 5.16 Å². The van der Waals surface area contributed by atoms with Crippen molar-refractivity contribution in [1.29, 1.82) is 0 Å². The minimum atomic E-state index is -0.398. The average molecular weight is 444 g/mol. The van der Waals surface area contributed by atoms with Crippen LogP contribution >= 0.6 is 0 Å². The van der Waals surface area contributed by atoms with Crippen LogP contribution in [0.4, 0.5) is 5.88 Å². The largest absolute Gasteiger partial charge is 0.497 e. The first-order valence-electron chi connectivity index (χ1n) is 10.8. The second kappa shape index (κ2) is 8.24. The van der Waals surface area contributed by atoms with Crippen molar-refractivity contribution < 1.29 is 23.6 Å². The lowest BCUT2D eigenvalue weighted by Gasteiger charge is -2.34. The number of ketones is 1. The molecule has 7 heteroatoms. The van der Waals surface area contributed by atoms with Crippen LogP contribution in [-0.2, 0) is 9.53 Å². The number of fused-ring (bicyclic) bond motifs is 1. The number of allylic oxidation sites excluding steroid dienone is 2. The van der Waals surface area contributed by atoms with Crippen LogP contribution in [0.1, 0.15) is 57.4 Å². The Labute approximate surface area is 191 Å². The summed E-state index contributed by atoms with van der Waals surface area (Å²) in [4.78, 5) is 25.4. The number of Topliss-reactive ketones (excluding diaryl/α,β-unsaturated/α-hetero) is 1. The number of anilines is 1. The molecule has 0 saturated carbocycles. The molecule has 2 aliphatic rings. The zero-order chi connectivity index (χ0) is 23.1. The Morgan fingerprint density at radius 3 is 2.39 bits per heavy atom. The van der Waals surface area contributed by atoms with Gasteiger partial charge in [0.25, 0.3) is 0 Å². The molecule has 0 amide bonds. The molecule has 0 saturated heterocycles. The summed E-state index contributed by atoms with van der Waals surface area (Å²) in [5.41, 5.74) is 5.65. The fourth-order valence-corrected chi connectivity index (χ4v) is 4.85. The van der Waals surface area contributed by atoms with Gasteiger partial charge in [0.15, 0.2) is 5.78 Å². The maximum atomic E-state index is 13.5. The molecule has 0 unspecified atom stereocenters. The van der Waals surface area contributed by atoms with E-state index in [2.05, 4.69) is 10.5 Å². The first-order valence-corrected chi connectivity index (χ1v) is 10.8. The van der Waals surface area contributed by atoms with Crippen molar-refractivity contribution in [2.24, 2.45) is 0 Å². The minimum absolute atomic E-state index is 0.0579. The summed E-state index contributed by atoms with van der Waals surface area (Å²) in [6, 6.07) is 15.0. The fourth-order valence-electron chi connectivity index (χ4n) is 4.85. The van der Waals surface area contributed by atoms with Crippen LogP contribution < -0.4 is 10.1 Å². The molecule has 1 aliphatic heterocycles. The first-order chi connectivity index (χ1) is 16.0. The normalized spacial score (nSPS) is 19.4. The maximum Gasteiger partial charge on any atom is 0.337 e. The van der Waals surface area contributed by atoms with Gasteiger partial charge in [-0.15, -0.1) is 0 Å². The molecule has 7 nitrogen and oxygen atoms in total. The van der Waals surface area contributed by atoms with Gasteiger partial charge in [0, 0.05) is 23.6 Å². The molecule has 5 rings (SSSR count). The van der Waals surface area contributed by atoms with Crippen molar-refractivity contribution >= 4 is 17.6 Å². The molecule has 1 aliphatic carbocycles. The van der Waals surface area contributed by atoms with E-state index in [4.69, 9.17) is 14.0 Å². The number of rotatable bonds is 4. The zero-order valence-corrected chi connectivity index (χ0v) is 18.7. The van der Waals surface area contributed by atoms with Crippen molar-refractivity contribution in [2.45, 2.75) is 31.6 Å². The Kier molecular flexibility index (Phi) is 5.24. The number of hydrogen-bond acceptors (Lipinski definition) is 7.